The lowest BCUT2D eigenvalue weighted by Gasteiger charge is -2.07. The average molecular weight is 221 g/mol. The molecule has 6 nitrogen and oxygen atoms in total. The SMILES string of the molecule is COc1ccc(-c2nonc2N)c(OC)c1. The predicted molar refractivity (Wildman–Crippen MR) is 57.3 cm³/mol. The summed E-state index contributed by atoms with van der Waals surface area (Å²) in [5.41, 5.74) is 6.78. The highest BCUT2D eigenvalue weighted by Crippen LogP contribution is 2.34. The second-order valence-corrected chi connectivity index (χ2v) is 3.06. The van der Waals surface area contributed by atoms with Crippen LogP contribution in [0.5, 0.6) is 11.5 Å². The number of benzene rings is 1. The Kier molecular flexibility index (Phi) is 2.63. The van der Waals surface area contributed by atoms with Gasteiger partial charge in [-0.05, 0) is 22.4 Å². The van der Waals surface area contributed by atoms with Crippen molar-refractivity contribution in [3.63, 3.8) is 0 Å². The quantitative estimate of drug-likeness (QED) is 0.841. The molecule has 0 unspecified atom stereocenters. The van der Waals surface area contributed by atoms with Gasteiger partial charge in [0.25, 0.3) is 0 Å². The molecule has 0 atom stereocenters. The Morgan fingerprint density at radius 2 is 2.00 bits per heavy atom. The van der Waals surface area contributed by atoms with Crippen LogP contribution < -0.4 is 15.2 Å². The third kappa shape index (κ3) is 1.65. The lowest BCUT2D eigenvalue weighted by atomic mass is 10.1. The zero-order chi connectivity index (χ0) is 11.5. The second-order valence-electron chi connectivity index (χ2n) is 3.06. The number of nitrogens with two attached hydrogens (primary N) is 1. The van der Waals surface area contributed by atoms with Crippen LogP contribution in [-0.2, 0) is 0 Å². The number of aromatic nitrogens is 2. The first-order valence-electron chi connectivity index (χ1n) is 4.56. The van der Waals surface area contributed by atoms with E-state index in [0.717, 1.165) is 0 Å². The maximum Gasteiger partial charge on any atom is 0.196 e. The minimum atomic E-state index is 0.225. The first-order valence-corrected chi connectivity index (χ1v) is 4.56. The van der Waals surface area contributed by atoms with Crippen LogP contribution in [0.3, 0.4) is 0 Å². The second kappa shape index (κ2) is 4.09. The predicted octanol–water partition coefficient (Wildman–Crippen LogP) is 1.34. The minimum absolute atomic E-state index is 0.225. The lowest BCUT2D eigenvalue weighted by Crippen LogP contribution is -1.93. The van der Waals surface area contributed by atoms with Gasteiger partial charge in [-0.2, -0.15) is 0 Å². The van der Waals surface area contributed by atoms with E-state index in [1.807, 2.05) is 0 Å². The molecule has 0 aliphatic carbocycles. The standard InChI is InChI=1S/C10H11N3O3/c1-14-6-3-4-7(8(5-6)15-2)9-10(11)13-16-12-9/h3-5H,1-2H3,(H2,11,13). The molecule has 0 saturated heterocycles. The third-order valence-electron chi connectivity index (χ3n) is 2.18. The number of rotatable bonds is 3. The van der Waals surface area contributed by atoms with Gasteiger partial charge in [-0.15, -0.1) is 0 Å². The molecule has 0 amide bonds. The van der Waals surface area contributed by atoms with Crippen LogP contribution in [-0.4, -0.2) is 24.5 Å². The zero-order valence-corrected chi connectivity index (χ0v) is 8.93. The fraction of sp³-hybridized carbons (Fsp3) is 0.200. The van der Waals surface area contributed by atoms with E-state index in [9.17, 15) is 0 Å². The Balaban J connectivity index is 2.53. The summed E-state index contributed by atoms with van der Waals surface area (Å²) in [5.74, 6) is 1.51. The smallest absolute Gasteiger partial charge is 0.196 e. The van der Waals surface area contributed by atoms with Crippen LogP contribution in [0, 0.1) is 0 Å². The monoisotopic (exact) mass is 221 g/mol. The third-order valence-corrected chi connectivity index (χ3v) is 2.18. The van der Waals surface area contributed by atoms with Crippen molar-refractivity contribution in [2.24, 2.45) is 0 Å². The van der Waals surface area contributed by atoms with Gasteiger partial charge in [0.1, 0.15) is 11.5 Å². The Morgan fingerprint density at radius 1 is 1.19 bits per heavy atom. The number of nitrogen functional groups attached to an aromatic ring is 1. The van der Waals surface area contributed by atoms with Gasteiger partial charge in [0.2, 0.25) is 0 Å². The summed E-state index contributed by atoms with van der Waals surface area (Å²) in [7, 11) is 3.14. The van der Waals surface area contributed by atoms with Gasteiger partial charge >= 0.3 is 0 Å². The van der Waals surface area contributed by atoms with Crippen molar-refractivity contribution < 1.29 is 14.1 Å². The molecule has 0 radical (unpaired) electrons. The number of anilines is 1. The summed E-state index contributed by atoms with van der Waals surface area (Å²) >= 11 is 0. The number of hydrogen-bond donors (Lipinski definition) is 1. The highest BCUT2D eigenvalue weighted by atomic mass is 16.6. The molecule has 0 saturated carbocycles. The fourth-order valence-electron chi connectivity index (χ4n) is 1.38. The van der Waals surface area contributed by atoms with Gasteiger partial charge in [-0.25, -0.2) is 4.63 Å². The van der Waals surface area contributed by atoms with Crippen molar-refractivity contribution in [2.75, 3.05) is 20.0 Å². The number of methoxy groups -OCH3 is 2. The molecule has 0 aliphatic heterocycles. The fourth-order valence-corrected chi connectivity index (χ4v) is 1.38. The Morgan fingerprint density at radius 3 is 2.56 bits per heavy atom. The molecule has 0 fully saturated rings. The van der Waals surface area contributed by atoms with E-state index < -0.39 is 0 Å². The van der Waals surface area contributed by atoms with Gasteiger partial charge in [0, 0.05) is 11.6 Å². The van der Waals surface area contributed by atoms with Crippen LogP contribution in [0.15, 0.2) is 22.8 Å². The Bertz CT molecular complexity index is 496. The van der Waals surface area contributed by atoms with E-state index >= 15 is 0 Å². The highest BCUT2D eigenvalue weighted by Gasteiger charge is 2.14. The number of hydrogen-bond acceptors (Lipinski definition) is 6. The highest BCUT2D eigenvalue weighted by molar-refractivity contribution is 5.75. The maximum atomic E-state index is 5.61. The van der Waals surface area contributed by atoms with Crippen LogP contribution >= 0.6 is 0 Å². The maximum absolute atomic E-state index is 5.61. The topological polar surface area (TPSA) is 83.4 Å². The summed E-state index contributed by atoms with van der Waals surface area (Å²) in [6.45, 7) is 0. The largest absolute Gasteiger partial charge is 0.497 e. The summed E-state index contributed by atoms with van der Waals surface area (Å²) in [5, 5.41) is 7.23. The molecule has 2 N–H and O–H groups in total. The van der Waals surface area contributed by atoms with E-state index in [4.69, 9.17) is 15.2 Å². The van der Waals surface area contributed by atoms with E-state index in [-0.39, 0.29) is 5.82 Å². The van der Waals surface area contributed by atoms with Gasteiger partial charge in [0.15, 0.2) is 11.5 Å². The normalized spacial score (nSPS) is 10.1. The molecule has 16 heavy (non-hydrogen) atoms. The molecule has 1 heterocycles. The lowest BCUT2D eigenvalue weighted by molar-refractivity contribution is 0.310. The molecule has 6 heteroatoms. The van der Waals surface area contributed by atoms with Crippen molar-refractivity contribution in [2.45, 2.75) is 0 Å². The van der Waals surface area contributed by atoms with Gasteiger partial charge in [-0.3, -0.25) is 0 Å². The van der Waals surface area contributed by atoms with Gasteiger partial charge in [-0.1, -0.05) is 0 Å². The molecule has 2 rings (SSSR count). The molecule has 84 valence electrons. The van der Waals surface area contributed by atoms with Crippen LogP contribution in [0.2, 0.25) is 0 Å². The zero-order valence-electron chi connectivity index (χ0n) is 8.93. The summed E-state index contributed by atoms with van der Waals surface area (Å²) in [4.78, 5) is 0. The van der Waals surface area contributed by atoms with E-state index in [0.29, 0.717) is 22.8 Å². The number of ether oxygens (including phenoxy) is 2. The summed E-state index contributed by atoms with van der Waals surface area (Å²) < 4.78 is 14.9. The minimum Gasteiger partial charge on any atom is -0.497 e. The molecule has 2 aromatic rings. The van der Waals surface area contributed by atoms with Gasteiger partial charge < -0.3 is 15.2 Å². The van der Waals surface area contributed by atoms with E-state index in [1.165, 1.54) is 0 Å². The van der Waals surface area contributed by atoms with Crippen LogP contribution in [0.25, 0.3) is 11.3 Å². The van der Waals surface area contributed by atoms with Crippen molar-refractivity contribution in [3.8, 4) is 22.8 Å². The van der Waals surface area contributed by atoms with E-state index in [2.05, 4.69) is 14.9 Å². The molecular formula is C10H11N3O3. The average Bonchev–Trinajstić information content (AvgIpc) is 2.74. The van der Waals surface area contributed by atoms with Gasteiger partial charge in [0.05, 0.1) is 14.2 Å². The first-order chi connectivity index (χ1) is 7.76. The van der Waals surface area contributed by atoms with E-state index in [1.54, 1.807) is 32.4 Å². The molecule has 1 aromatic carbocycles. The molecule has 0 bridgehead atoms. The molecular weight excluding hydrogens is 210 g/mol. The summed E-state index contributed by atoms with van der Waals surface area (Å²) in [6, 6.07) is 5.31. The number of nitrogens with zero attached hydrogens (tertiary/aromatic N) is 2. The molecule has 1 aromatic heterocycles. The van der Waals surface area contributed by atoms with Crippen LogP contribution in [0.1, 0.15) is 0 Å². The first kappa shape index (κ1) is 10.3. The van der Waals surface area contributed by atoms with Crippen LogP contribution in [0.4, 0.5) is 5.82 Å². The van der Waals surface area contributed by atoms with Crippen molar-refractivity contribution in [1.29, 1.82) is 0 Å². The molecule has 0 aliphatic rings. The Labute approximate surface area is 91.9 Å². The van der Waals surface area contributed by atoms with Crippen molar-refractivity contribution in [3.05, 3.63) is 18.2 Å². The molecule has 0 spiro atoms. The van der Waals surface area contributed by atoms with Crippen molar-refractivity contribution in [1.82, 2.24) is 10.3 Å². The van der Waals surface area contributed by atoms with Crippen molar-refractivity contribution >= 4 is 5.82 Å². The summed E-state index contributed by atoms with van der Waals surface area (Å²) in [6.07, 6.45) is 0. The Hall–Kier alpha value is -2.24.